The molecule has 1 heterocycles. The molecule has 0 spiro atoms. The van der Waals surface area contributed by atoms with E-state index < -0.39 is 0 Å². The van der Waals surface area contributed by atoms with Crippen LogP contribution in [0.5, 0.6) is 0 Å². The lowest BCUT2D eigenvalue weighted by Gasteiger charge is -2.37. The first-order chi connectivity index (χ1) is 8.14. The Labute approximate surface area is 111 Å². The largest absolute Gasteiger partial charge is 0.330 e. The van der Waals surface area contributed by atoms with Crippen LogP contribution in [-0.2, 0) is 5.41 Å². The molecule has 0 amide bonds. The summed E-state index contributed by atoms with van der Waals surface area (Å²) >= 11 is 3.73. The van der Waals surface area contributed by atoms with Crippen LogP contribution in [0, 0.1) is 0 Å². The fourth-order valence-corrected chi connectivity index (χ4v) is 3.55. The standard InChI is InChI=1S/C14H19BrN2/c1-17-7-10(8-17)12-3-2-11(6-13(12)15)14(9-16)4-5-14/h2-3,6,10H,4-5,7-9,16H2,1H3. The lowest BCUT2D eigenvalue weighted by Crippen LogP contribution is -2.41. The van der Waals surface area contributed by atoms with E-state index in [9.17, 15) is 0 Å². The van der Waals surface area contributed by atoms with E-state index in [0.717, 1.165) is 6.54 Å². The third kappa shape index (κ3) is 1.94. The SMILES string of the molecule is CN1CC(c2ccc(C3(CN)CC3)cc2Br)C1. The number of rotatable bonds is 3. The molecule has 0 unspecified atom stereocenters. The van der Waals surface area contributed by atoms with E-state index in [2.05, 4.69) is 46.1 Å². The third-order valence-electron chi connectivity index (χ3n) is 4.36. The highest BCUT2D eigenvalue weighted by molar-refractivity contribution is 9.10. The average molecular weight is 295 g/mol. The van der Waals surface area contributed by atoms with Gasteiger partial charge in [0.15, 0.2) is 0 Å². The molecular weight excluding hydrogens is 276 g/mol. The molecule has 0 bridgehead atoms. The van der Waals surface area contributed by atoms with Crippen molar-refractivity contribution in [2.75, 3.05) is 26.7 Å². The van der Waals surface area contributed by atoms with Crippen molar-refractivity contribution in [1.82, 2.24) is 4.90 Å². The Kier molecular flexibility index (Phi) is 2.80. The molecule has 0 radical (unpaired) electrons. The number of likely N-dealkylation sites (N-methyl/N-ethyl adjacent to an activating group) is 1. The molecule has 92 valence electrons. The van der Waals surface area contributed by atoms with Gasteiger partial charge in [-0.2, -0.15) is 0 Å². The molecule has 3 rings (SSSR count). The van der Waals surface area contributed by atoms with Crippen molar-refractivity contribution in [3.8, 4) is 0 Å². The van der Waals surface area contributed by atoms with Crippen molar-refractivity contribution < 1.29 is 0 Å². The van der Waals surface area contributed by atoms with Gasteiger partial charge in [0, 0.05) is 35.4 Å². The first kappa shape index (κ1) is 11.7. The van der Waals surface area contributed by atoms with Crippen LogP contribution in [0.2, 0.25) is 0 Å². The first-order valence-corrected chi connectivity index (χ1v) is 7.12. The molecule has 2 N–H and O–H groups in total. The number of nitrogens with two attached hydrogens (primary N) is 1. The number of halogens is 1. The molecule has 1 aliphatic heterocycles. The molecule has 1 saturated carbocycles. The van der Waals surface area contributed by atoms with E-state index in [1.807, 2.05) is 0 Å². The van der Waals surface area contributed by atoms with Crippen LogP contribution in [0.15, 0.2) is 22.7 Å². The van der Waals surface area contributed by atoms with Crippen LogP contribution in [0.1, 0.15) is 29.9 Å². The monoisotopic (exact) mass is 294 g/mol. The zero-order chi connectivity index (χ0) is 12.0. The van der Waals surface area contributed by atoms with E-state index in [1.54, 1.807) is 0 Å². The Bertz CT molecular complexity index is 434. The molecule has 3 heteroatoms. The van der Waals surface area contributed by atoms with Crippen LogP contribution < -0.4 is 5.73 Å². The van der Waals surface area contributed by atoms with Gasteiger partial charge in [-0.05, 0) is 37.1 Å². The minimum atomic E-state index is 0.303. The topological polar surface area (TPSA) is 29.3 Å². The van der Waals surface area contributed by atoms with Crippen molar-refractivity contribution in [3.63, 3.8) is 0 Å². The van der Waals surface area contributed by atoms with Crippen molar-refractivity contribution in [3.05, 3.63) is 33.8 Å². The Morgan fingerprint density at radius 1 is 1.41 bits per heavy atom. The predicted molar refractivity (Wildman–Crippen MR) is 74.3 cm³/mol. The van der Waals surface area contributed by atoms with Gasteiger partial charge in [0.25, 0.3) is 0 Å². The molecular formula is C14H19BrN2. The summed E-state index contributed by atoms with van der Waals surface area (Å²) in [6.07, 6.45) is 2.50. The summed E-state index contributed by atoms with van der Waals surface area (Å²) in [5, 5.41) is 0. The third-order valence-corrected chi connectivity index (χ3v) is 5.05. The zero-order valence-electron chi connectivity index (χ0n) is 10.2. The average Bonchev–Trinajstić information content (AvgIpc) is 3.06. The van der Waals surface area contributed by atoms with E-state index >= 15 is 0 Å². The molecule has 1 saturated heterocycles. The molecule has 1 aromatic carbocycles. The zero-order valence-corrected chi connectivity index (χ0v) is 11.8. The van der Waals surface area contributed by atoms with Gasteiger partial charge in [-0.15, -0.1) is 0 Å². The van der Waals surface area contributed by atoms with E-state index in [-0.39, 0.29) is 0 Å². The van der Waals surface area contributed by atoms with Gasteiger partial charge in [0.1, 0.15) is 0 Å². The number of hydrogen-bond acceptors (Lipinski definition) is 2. The van der Waals surface area contributed by atoms with Crippen molar-refractivity contribution in [2.45, 2.75) is 24.2 Å². The van der Waals surface area contributed by atoms with E-state index in [4.69, 9.17) is 5.73 Å². The van der Waals surface area contributed by atoms with Crippen LogP contribution in [0.4, 0.5) is 0 Å². The van der Waals surface area contributed by atoms with Crippen LogP contribution in [0.25, 0.3) is 0 Å². The summed E-state index contributed by atoms with van der Waals surface area (Å²) in [4.78, 5) is 2.35. The molecule has 0 aromatic heterocycles. The maximum atomic E-state index is 5.88. The Balaban J connectivity index is 1.85. The highest BCUT2D eigenvalue weighted by Crippen LogP contribution is 2.48. The molecule has 2 aliphatic rings. The molecule has 1 aromatic rings. The van der Waals surface area contributed by atoms with E-state index in [1.165, 1.54) is 41.5 Å². The second kappa shape index (κ2) is 4.08. The second-order valence-electron chi connectivity index (χ2n) is 5.64. The molecule has 0 atom stereocenters. The molecule has 2 nitrogen and oxygen atoms in total. The van der Waals surface area contributed by atoms with Gasteiger partial charge in [-0.25, -0.2) is 0 Å². The quantitative estimate of drug-likeness (QED) is 0.928. The fourth-order valence-electron chi connectivity index (χ4n) is 2.85. The summed E-state index contributed by atoms with van der Waals surface area (Å²) in [6.45, 7) is 3.14. The van der Waals surface area contributed by atoms with Gasteiger partial charge in [0.05, 0.1) is 0 Å². The smallest absolute Gasteiger partial charge is 0.0214 e. The Hall–Kier alpha value is -0.380. The van der Waals surface area contributed by atoms with Crippen molar-refractivity contribution in [1.29, 1.82) is 0 Å². The van der Waals surface area contributed by atoms with Crippen molar-refractivity contribution in [2.24, 2.45) is 5.73 Å². The predicted octanol–water partition coefficient (Wildman–Crippen LogP) is 2.47. The number of nitrogens with zero attached hydrogens (tertiary/aromatic N) is 1. The van der Waals surface area contributed by atoms with Crippen LogP contribution in [0.3, 0.4) is 0 Å². The summed E-state index contributed by atoms with van der Waals surface area (Å²) in [5.74, 6) is 0.705. The minimum absolute atomic E-state index is 0.303. The Morgan fingerprint density at radius 2 is 2.12 bits per heavy atom. The number of benzene rings is 1. The highest BCUT2D eigenvalue weighted by atomic mass is 79.9. The summed E-state index contributed by atoms with van der Waals surface area (Å²) in [6, 6.07) is 6.89. The van der Waals surface area contributed by atoms with Gasteiger partial charge in [-0.1, -0.05) is 28.1 Å². The number of hydrogen-bond donors (Lipinski definition) is 1. The molecule has 1 aliphatic carbocycles. The van der Waals surface area contributed by atoms with Gasteiger partial charge < -0.3 is 10.6 Å². The highest BCUT2D eigenvalue weighted by Gasteiger charge is 2.43. The molecule has 17 heavy (non-hydrogen) atoms. The maximum Gasteiger partial charge on any atom is 0.0214 e. The van der Waals surface area contributed by atoms with E-state index in [0.29, 0.717) is 11.3 Å². The van der Waals surface area contributed by atoms with Crippen LogP contribution >= 0.6 is 15.9 Å². The molecule has 2 fully saturated rings. The lowest BCUT2D eigenvalue weighted by atomic mass is 9.88. The summed E-state index contributed by atoms with van der Waals surface area (Å²) < 4.78 is 1.27. The fraction of sp³-hybridized carbons (Fsp3) is 0.571. The second-order valence-corrected chi connectivity index (χ2v) is 6.49. The minimum Gasteiger partial charge on any atom is -0.330 e. The van der Waals surface area contributed by atoms with Crippen LogP contribution in [-0.4, -0.2) is 31.6 Å². The lowest BCUT2D eigenvalue weighted by molar-refractivity contribution is 0.189. The van der Waals surface area contributed by atoms with Gasteiger partial charge in [-0.3, -0.25) is 0 Å². The van der Waals surface area contributed by atoms with Gasteiger partial charge in [0.2, 0.25) is 0 Å². The maximum absolute atomic E-state index is 5.88. The first-order valence-electron chi connectivity index (χ1n) is 6.33. The van der Waals surface area contributed by atoms with Gasteiger partial charge >= 0.3 is 0 Å². The summed E-state index contributed by atoms with van der Waals surface area (Å²) in [5.41, 5.74) is 9.06. The normalized spacial score (nSPS) is 23.5. The Morgan fingerprint density at radius 3 is 2.59 bits per heavy atom. The van der Waals surface area contributed by atoms with Crippen molar-refractivity contribution >= 4 is 15.9 Å². The summed E-state index contributed by atoms with van der Waals surface area (Å²) in [7, 11) is 2.17. The number of likely N-dealkylation sites (tertiary alicyclic amines) is 1.